The summed E-state index contributed by atoms with van der Waals surface area (Å²) in [6.07, 6.45) is 5.05. The number of hydrogen-bond donors (Lipinski definition) is 0. The minimum Gasteiger partial charge on any atom is -0.368 e. The highest BCUT2D eigenvalue weighted by Crippen LogP contribution is 2.24. The molecule has 0 spiro atoms. The Morgan fingerprint density at radius 3 is 2.29 bits per heavy atom. The first kappa shape index (κ1) is 15.6. The molecule has 0 unspecified atom stereocenters. The second-order valence-electron chi connectivity index (χ2n) is 5.53. The first-order chi connectivity index (χ1) is 11.8. The molecule has 1 aromatic carbocycles. The van der Waals surface area contributed by atoms with E-state index in [1.807, 2.05) is 24.3 Å². The molecular formula is C19H17N5. The lowest BCUT2D eigenvalue weighted by molar-refractivity contribution is 0.653. The van der Waals surface area contributed by atoms with E-state index in [9.17, 15) is 0 Å². The molecule has 0 radical (unpaired) electrons. The van der Waals surface area contributed by atoms with E-state index in [-0.39, 0.29) is 5.57 Å². The van der Waals surface area contributed by atoms with Crippen molar-refractivity contribution in [1.82, 2.24) is 4.98 Å². The van der Waals surface area contributed by atoms with Gasteiger partial charge in [0.25, 0.3) is 0 Å². The average molecular weight is 315 g/mol. The third-order valence-electron chi connectivity index (χ3n) is 4.11. The van der Waals surface area contributed by atoms with Gasteiger partial charge in [-0.25, -0.2) is 0 Å². The monoisotopic (exact) mass is 315 g/mol. The van der Waals surface area contributed by atoms with Crippen LogP contribution in [0.4, 0.5) is 11.4 Å². The van der Waals surface area contributed by atoms with Crippen molar-refractivity contribution in [2.24, 2.45) is 0 Å². The van der Waals surface area contributed by atoms with Crippen LogP contribution in [0.3, 0.4) is 0 Å². The number of para-hydroxylation sites is 1. The summed E-state index contributed by atoms with van der Waals surface area (Å²) in [5.41, 5.74) is 3.15. The number of benzene rings is 1. The molecule has 1 aliphatic heterocycles. The summed E-state index contributed by atoms with van der Waals surface area (Å²) in [6, 6.07) is 16.1. The standard InChI is InChI=1S/C19H17N5/c20-13-16(14-21)12-17-15-22-7-6-19(17)24-10-8-23(9-11-24)18-4-2-1-3-5-18/h1-7,12,15H,8-11H2. The maximum atomic E-state index is 8.97. The zero-order valence-corrected chi connectivity index (χ0v) is 13.3. The predicted molar refractivity (Wildman–Crippen MR) is 94.3 cm³/mol. The summed E-state index contributed by atoms with van der Waals surface area (Å²) in [5.74, 6) is 0. The van der Waals surface area contributed by atoms with E-state index in [4.69, 9.17) is 10.5 Å². The molecule has 5 heteroatoms. The van der Waals surface area contributed by atoms with Gasteiger partial charge < -0.3 is 9.80 Å². The van der Waals surface area contributed by atoms with Gasteiger partial charge in [0.1, 0.15) is 17.7 Å². The summed E-state index contributed by atoms with van der Waals surface area (Å²) >= 11 is 0. The molecule has 0 atom stereocenters. The van der Waals surface area contributed by atoms with Crippen molar-refractivity contribution in [1.29, 1.82) is 10.5 Å². The summed E-state index contributed by atoms with van der Waals surface area (Å²) in [7, 11) is 0. The lowest BCUT2D eigenvalue weighted by Gasteiger charge is -2.37. The van der Waals surface area contributed by atoms with E-state index >= 15 is 0 Å². The first-order valence-corrected chi connectivity index (χ1v) is 7.82. The highest BCUT2D eigenvalue weighted by molar-refractivity contribution is 5.72. The zero-order chi connectivity index (χ0) is 16.8. The average Bonchev–Trinajstić information content (AvgIpc) is 2.67. The van der Waals surface area contributed by atoms with E-state index in [0.717, 1.165) is 37.4 Å². The molecule has 0 saturated carbocycles. The summed E-state index contributed by atoms with van der Waals surface area (Å²) < 4.78 is 0. The van der Waals surface area contributed by atoms with Crippen molar-refractivity contribution in [3.8, 4) is 12.1 Å². The Kier molecular flexibility index (Phi) is 4.74. The SMILES string of the molecule is N#CC(C#N)=Cc1cnccc1N1CCN(c2ccccc2)CC1. The molecule has 118 valence electrons. The maximum Gasteiger partial charge on any atom is 0.130 e. The van der Waals surface area contributed by atoms with Gasteiger partial charge >= 0.3 is 0 Å². The van der Waals surface area contributed by atoms with Gasteiger partial charge in [0.15, 0.2) is 0 Å². The molecule has 0 aliphatic carbocycles. The van der Waals surface area contributed by atoms with Crippen LogP contribution < -0.4 is 9.80 Å². The lowest BCUT2D eigenvalue weighted by Crippen LogP contribution is -2.46. The molecule has 24 heavy (non-hydrogen) atoms. The van der Waals surface area contributed by atoms with Crippen LogP contribution in [0.15, 0.2) is 54.4 Å². The molecule has 2 heterocycles. The van der Waals surface area contributed by atoms with Crippen molar-refractivity contribution in [3.05, 3.63) is 59.9 Å². The molecule has 2 aromatic rings. The molecule has 0 N–H and O–H groups in total. The van der Waals surface area contributed by atoms with Crippen molar-refractivity contribution in [2.45, 2.75) is 0 Å². The smallest absolute Gasteiger partial charge is 0.130 e. The molecule has 5 nitrogen and oxygen atoms in total. The number of hydrogen-bond acceptors (Lipinski definition) is 5. The van der Waals surface area contributed by atoms with Crippen LogP contribution in [0.2, 0.25) is 0 Å². The van der Waals surface area contributed by atoms with Gasteiger partial charge in [-0.1, -0.05) is 18.2 Å². The van der Waals surface area contributed by atoms with E-state index in [1.165, 1.54) is 5.69 Å². The molecule has 1 fully saturated rings. The fourth-order valence-corrected chi connectivity index (χ4v) is 2.89. The fraction of sp³-hybridized carbons (Fsp3) is 0.211. The highest BCUT2D eigenvalue weighted by Gasteiger charge is 2.19. The Bertz CT molecular complexity index is 790. The van der Waals surface area contributed by atoms with Crippen LogP contribution in [0, 0.1) is 22.7 Å². The maximum absolute atomic E-state index is 8.97. The van der Waals surface area contributed by atoms with Crippen LogP contribution in [0.5, 0.6) is 0 Å². The van der Waals surface area contributed by atoms with Crippen molar-refractivity contribution < 1.29 is 0 Å². The topological polar surface area (TPSA) is 67.0 Å². The number of piperazine rings is 1. The van der Waals surface area contributed by atoms with Crippen molar-refractivity contribution >= 4 is 17.5 Å². The van der Waals surface area contributed by atoms with Crippen LogP contribution >= 0.6 is 0 Å². The Morgan fingerprint density at radius 2 is 1.62 bits per heavy atom. The van der Waals surface area contributed by atoms with Crippen LogP contribution in [-0.2, 0) is 0 Å². The zero-order valence-electron chi connectivity index (χ0n) is 13.3. The van der Waals surface area contributed by atoms with Crippen molar-refractivity contribution in [3.63, 3.8) is 0 Å². The molecule has 0 amide bonds. The number of rotatable bonds is 3. The molecule has 0 bridgehead atoms. The molecule has 1 aromatic heterocycles. The number of nitriles is 2. The van der Waals surface area contributed by atoms with Gasteiger partial charge in [0.2, 0.25) is 0 Å². The summed E-state index contributed by atoms with van der Waals surface area (Å²) in [4.78, 5) is 8.77. The van der Waals surface area contributed by atoms with Gasteiger partial charge in [-0.3, -0.25) is 4.98 Å². The second-order valence-corrected chi connectivity index (χ2v) is 5.53. The Hall–Kier alpha value is -3.31. The van der Waals surface area contributed by atoms with Gasteiger partial charge in [0.05, 0.1) is 0 Å². The summed E-state index contributed by atoms with van der Waals surface area (Å²) in [5, 5.41) is 17.9. The van der Waals surface area contributed by atoms with Gasteiger partial charge in [0, 0.05) is 55.5 Å². The third kappa shape index (κ3) is 3.37. The van der Waals surface area contributed by atoms with Gasteiger partial charge in [-0.15, -0.1) is 0 Å². The Morgan fingerprint density at radius 1 is 0.958 bits per heavy atom. The minimum atomic E-state index is 0.0900. The quantitative estimate of drug-likeness (QED) is 0.815. The predicted octanol–water partition coefficient (Wildman–Crippen LogP) is 2.84. The van der Waals surface area contributed by atoms with Crippen molar-refractivity contribution in [2.75, 3.05) is 36.0 Å². The second kappa shape index (κ2) is 7.30. The normalized spacial score (nSPS) is 13.8. The minimum absolute atomic E-state index is 0.0900. The van der Waals surface area contributed by atoms with Crippen LogP contribution in [0.1, 0.15) is 5.56 Å². The molecule has 1 saturated heterocycles. The third-order valence-corrected chi connectivity index (χ3v) is 4.11. The van der Waals surface area contributed by atoms with E-state index in [0.29, 0.717) is 0 Å². The number of anilines is 2. The van der Waals surface area contributed by atoms with Gasteiger partial charge in [-0.2, -0.15) is 10.5 Å². The van der Waals surface area contributed by atoms with Crippen LogP contribution in [-0.4, -0.2) is 31.2 Å². The Balaban J connectivity index is 1.77. The molecule has 3 rings (SSSR count). The van der Waals surface area contributed by atoms with E-state index in [2.05, 4.69) is 39.0 Å². The van der Waals surface area contributed by atoms with Gasteiger partial charge in [-0.05, 0) is 24.3 Å². The lowest BCUT2D eigenvalue weighted by atomic mass is 10.1. The van der Waals surface area contributed by atoms with Crippen LogP contribution in [0.25, 0.3) is 6.08 Å². The molecule has 1 aliphatic rings. The fourth-order valence-electron chi connectivity index (χ4n) is 2.89. The number of nitrogens with zero attached hydrogens (tertiary/aromatic N) is 5. The van der Waals surface area contributed by atoms with E-state index < -0.39 is 0 Å². The number of allylic oxidation sites excluding steroid dienone is 1. The first-order valence-electron chi connectivity index (χ1n) is 7.82. The Labute approximate surface area is 141 Å². The van der Waals surface area contributed by atoms with E-state index in [1.54, 1.807) is 18.5 Å². The molecular weight excluding hydrogens is 298 g/mol. The largest absolute Gasteiger partial charge is 0.368 e. The summed E-state index contributed by atoms with van der Waals surface area (Å²) in [6.45, 7) is 3.63. The number of aromatic nitrogens is 1. The number of pyridine rings is 1. The highest BCUT2D eigenvalue weighted by atomic mass is 15.3.